The Balaban J connectivity index is 2.85. The lowest BCUT2D eigenvalue weighted by atomic mass is 9.98. The molecule has 0 amide bonds. The van der Waals surface area contributed by atoms with Gasteiger partial charge < -0.3 is 14.9 Å². The highest BCUT2D eigenvalue weighted by molar-refractivity contribution is 5.82. The fourth-order valence-corrected chi connectivity index (χ4v) is 1.38. The minimum absolute atomic E-state index is 0.227. The fraction of sp³-hybridized carbons (Fsp3) is 0.750. The minimum Gasteiger partial charge on any atom is -0.479 e. The maximum Gasteiger partial charge on any atom is 0.335 e. The van der Waals surface area contributed by atoms with Crippen LogP contribution < -0.4 is 0 Å². The molecule has 1 fully saturated rings. The number of hydrogen-bond donors (Lipinski definition) is 2. The molecular formula is C8H12O5. The van der Waals surface area contributed by atoms with Gasteiger partial charge in [-0.3, -0.25) is 0 Å². The van der Waals surface area contributed by atoms with Crippen molar-refractivity contribution in [1.29, 1.82) is 0 Å². The van der Waals surface area contributed by atoms with Gasteiger partial charge in [0.05, 0.1) is 0 Å². The Morgan fingerprint density at radius 2 is 1.38 bits per heavy atom. The van der Waals surface area contributed by atoms with E-state index in [0.717, 1.165) is 0 Å². The van der Waals surface area contributed by atoms with E-state index >= 15 is 0 Å². The van der Waals surface area contributed by atoms with E-state index in [0.29, 0.717) is 0 Å². The molecule has 0 aromatic heterocycles. The van der Waals surface area contributed by atoms with E-state index in [4.69, 9.17) is 14.9 Å². The lowest BCUT2D eigenvalue weighted by Crippen LogP contribution is -2.42. The highest BCUT2D eigenvalue weighted by Crippen LogP contribution is 2.37. The van der Waals surface area contributed by atoms with Crippen LogP contribution in [0, 0.1) is 0 Å². The molecule has 74 valence electrons. The van der Waals surface area contributed by atoms with E-state index < -0.39 is 23.1 Å². The number of carbonyl (C=O) groups is 2. The molecule has 2 atom stereocenters. The average molecular weight is 188 g/mol. The highest BCUT2D eigenvalue weighted by atomic mass is 16.6. The molecule has 1 heterocycles. The van der Waals surface area contributed by atoms with Crippen molar-refractivity contribution in [3.8, 4) is 0 Å². The number of hydrogen-bond acceptors (Lipinski definition) is 3. The standard InChI is InChI=1S/C8H12O5/c1-7(5(9)10)3-4-8(2,13-7)6(11)12/h3-4H2,1-2H3,(H,9,10)(H,11,12). The molecule has 0 saturated carbocycles. The van der Waals surface area contributed by atoms with E-state index in [1.165, 1.54) is 13.8 Å². The molecule has 0 aromatic carbocycles. The van der Waals surface area contributed by atoms with Crippen LogP contribution in [0.2, 0.25) is 0 Å². The van der Waals surface area contributed by atoms with E-state index in [1.54, 1.807) is 0 Å². The molecular weight excluding hydrogens is 176 g/mol. The van der Waals surface area contributed by atoms with E-state index in [9.17, 15) is 9.59 Å². The first-order valence-electron chi connectivity index (χ1n) is 3.97. The van der Waals surface area contributed by atoms with Crippen LogP contribution in [0.25, 0.3) is 0 Å². The molecule has 2 N–H and O–H groups in total. The summed E-state index contributed by atoms with van der Waals surface area (Å²) in [7, 11) is 0. The normalized spacial score (nSPS) is 38.9. The summed E-state index contributed by atoms with van der Waals surface area (Å²) in [5, 5.41) is 17.5. The van der Waals surface area contributed by atoms with Crippen molar-refractivity contribution in [2.24, 2.45) is 0 Å². The van der Waals surface area contributed by atoms with Gasteiger partial charge in [-0.15, -0.1) is 0 Å². The first kappa shape index (κ1) is 9.98. The first-order chi connectivity index (χ1) is 5.80. The fourth-order valence-electron chi connectivity index (χ4n) is 1.38. The van der Waals surface area contributed by atoms with Crippen LogP contribution in [0.1, 0.15) is 26.7 Å². The number of rotatable bonds is 2. The smallest absolute Gasteiger partial charge is 0.335 e. The van der Waals surface area contributed by atoms with Gasteiger partial charge in [0.2, 0.25) is 0 Å². The van der Waals surface area contributed by atoms with Crippen LogP contribution in [-0.4, -0.2) is 33.4 Å². The van der Waals surface area contributed by atoms with E-state index in [-0.39, 0.29) is 12.8 Å². The van der Waals surface area contributed by atoms with Crippen LogP contribution in [0.3, 0.4) is 0 Å². The Hall–Kier alpha value is -1.10. The lowest BCUT2D eigenvalue weighted by Gasteiger charge is -2.23. The van der Waals surface area contributed by atoms with Crippen molar-refractivity contribution in [3.05, 3.63) is 0 Å². The van der Waals surface area contributed by atoms with Crippen molar-refractivity contribution in [2.45, 2.75) is 37.9 Å². The Kier molecular flexibility index (Phi) is 2.07. The molecule has 1 aliphatic rings. The van der Waals surface area contributed by atoms with Crippen molar-refractivity contribution >= 4 is 11.9 Å². The third kappa shape index (κ3) is 1.51. The second-order valence-electron chi connectivity index (χ2n) is 3.67. The molecule has 2 unspecified atom stereocenters. The summed E-state index contributed by atoms with van der Waals surface area (Å²) in [6.07, 6.45) is 0.455. The van der Waals surface area contributed by atoms with Crippen molar-refractivity contribution in [1.82, 2.24) is 0 Å². The summed E-state index contributed by atoms with van der Waals surface area (Å²) in [6, 6.07) is 0. The van der Waals surface area contributed by atoms with Crippen LogP contribution >= 0.6 is 0 Å². The molecule has 1 saturated heterocycles. The predicted octanol–water partition coefficient (Wildman–Crippen LogP) is 0.483. The number of carboxylic acids is 2. The monoisotopic (exact) mass is 188 g/mol. The molecule has 13 heavy (non-hydrogen) atoms. The van der Waals surface area contributed by atoms with Gasteiger partial charge >= 0.3 is 11.9 Å². The summed E-state index contributed by atoms with van der Waals surface area (Å²) in [5.74, 6) is -2.23. The first-order valence-corrected chi connectivity index (χ1v) is 3.97. The number of aliphatic carboxylic acids is 2. The Morgan fingerprint density at radius 3 is 1.54 bits per heavy atom. The zero-order valence-corrected chi connectivity index (χ0v) is 7.53. The van der Waals surface area contributed by atoms with Gasteiger partial charge in [-0.2, -0.15) is 0 Å². The number of ether oxygens (including phenoxy) is 1. The van der Waals surface area contributed by atoms with Gasteiger partial charge in [0.25, 0.3) is 0 Å². The van der Waals surface area contributed by atoms with Gasteiger partial charge in [-0.1, -0.05) is 0 Å². The topological polar surface area (TPSA) is 83.8 Å². The summed E-state index contributed by atoms with van der Waals surface area (Å²) in [4.78, 5) is 21.4. The summed E-state index contributed by atoms with van der Waals surface area (Å²) >= 11 is 0. The van der Waals surface area contributed by atoms with Crippen LogP contribution in [-0.2, 0) is 14.3 Å². The molecule has 0 radical (unpaired) electrons. The molecule has 0 spiro atoms. The average Bonchev–Trinajstić information content (AvgIpc) is 2.30. The molecule has 1 rings (SSSR count). The van der Waals surface area contributed by atoms with Crippen molar-refractivity contribution in [3.63, 3.8) is 0 Å². The zero-order chi connectivity index (χ0) is 10.3. The maximum atomic E-state index is 10.7. The number of carboxylic acid groups (broad SMARTS) is 2. The van der Waals surface area contributed by atoms with Crippen LogP contribution in [0.15, 0.2) is 0 Å². The van der Waals surface area contributed by atoms with Gasteiger partial charge in [0, 0.05) is 0 Å². The van der Waals surface area contributed by atoms with Gasteiger partial charge in [0.1, 0.15) is 0 Å². The molecule has 5 nitrogen and oxygen atoms in total. The lowest BCUT2D eigenvalue weighted by molar-refractivity contribution is -0.181. The van der Waals surface area contributed by atoms with Crippen molar-refractivity contribution < 1.29 is 24.5 Å². The zero-order valence-electron chi connectivity index (χ0n) is 7.53. The molecule has 0 aromatic rings. The van der Waals surface area contributed by atoms with Gasteiger partial charge in [-0.25, -0.2) is 9.59 Å². The maximum absolute atomic E-state index is 10.7. The highest BCUT2D eigenvalue weighted by Gasteiger charge is 2.52. The van der Waals surface area contributed by atoms with E-state index in [2.05, 4.69) is 0 Å². The van der Waals surface area contributed by atoms with Crippen LogP contribution in [0.4, 0.5) is 0 Å². The Morgan fingerprint density at radius 1 is 1.08 bits per heavy atom. The molecule has 0 aliphatic carbocycles. The SMILES string of the molecule is CC1(C(=O)O)CCC(C)(C(=O)O)O1. The van der Waals surface area contributed by atoms with Crippen LogP contribution in [0.5, 0.6) is 0 Å². The Bertz CT molecular complexity index is 235. The minimum atomic E-state index is -1.35. The third-order valence-corrected chi connectivity index (χ3v) is 2.43. The van der Waals surface area contributed by atoms with E-state index in [1.807, 2.05) is 0 Å². The summed E-state index contributed by atoms with van der Waals surface area (Å²) in [5.41, 5.74) is -2.71. The quantitative estimate of drug-likeness (QED) is 0.658. The summed E-state index contributed by atoms with van der Waals surface area (Å²) in [6.45, 7) is 2.78. The predicted molar refractivity (Wildman–Crippen MR) is 42.4 cm³/mol. The van der Waals surface area contributed by atoms with Crippen molar-refractivity contribution in [2.75, 3.05) is 0 Å². The Labute approximate surface area is 75.3 Å². The molecule has 0 bridgehead atoms. The molecule has 1 aliphatic heterocycles. The third-order valence-electron chi connectivity index (χ3n) is 2.43. The summed E-state index contributed by atoms with van der Waals surface area (Å²) < 4.78 is 5.06. The van der Waals surface area contributed by atoms with Gasteiger partial charge in [-0.05, 0) is 26.7 Å². The van der Waals surface area contributed by atoms with Gasteiger partial charge in [0.15, 0.2) is 11.2 Å². The second-order valence-corrected chi connectivity index (χ2v) is 3.67. The largest absolute Gasteiger partial charge is 0.479 e. The molecule has 5 heteroatoms. The second kappa shape index (κ2) is 2.70.